The fourth-order valence-electron chi connectivity index (χ4n) is 1.72. The molecular weight excluding hydrogens is 182 g/mol. The van der Waals surface area contributed by atoms with Crippen LogP contribution in [0.2, 0.25) is 0 Å². The van der Waals surface area contributed by atoms with Crippen LogP contribution in [0.1, 0.15) is 37.0 Å². The highest BCUT2D eigenvalue weighted by Gasteiger charge is 2.00. The molecule has 0 saturated carbocycles. The van der Waals surface area contributed by atoms with Crippen LogP contribution in [0.5, 0.6) is 0 Å². The average molecular weight is 205 g/mol. The third-order valence-electron chi connectivity index (χ3n) is 3.00. The summed E-state index contributed by atoms with van der Waals surface area (Å²) in [5, 5.41) is 3.52. The molecule has 0 amide bonds. The molecule has 1 heteroatoms. The van der Waals surface area contributed by atoms with E-state index in [0.29, 0.717) is 6.04 Å². The maximum atomic E-state index is 3.52. The van der Waals surface area contributed by atoms with Crippen LogP contribution >= 0.6 is 0 Å². The number of hydrogen-bond donors (Lipinski definition) is 1. The normalized spacial score (nSPS) is 12.8. The second kappa shape index (κ2) is 5.92. The van der Waals surface area contributed by atoms with Crippen LogP contribution in [0.15, 0.2) is 18.2 Å². The van der Waals surface area contributed by atoms with Crippen LogP contribution < -0.4 is 5.32 Å². The first-order valence-electron chi connectivity index (χ1n) is 5.93. The molecular formula is C14H23N. The minimum atomic E-state index is 0.635. The van der Waals surface area contributed by atoms with E-state index in [9.17, 15) is 0 Å². The van der Waals surface area contributed by atoms with Crippen LogP contribution in [0, 0.1) is 13.8 Å². The molecule has 0 aliphatic rings. The average Bonchev–Trinajstić information content (AvgIpc) is 2.21. The Kier molecular flexibility index (Phi) is 4.83. The second-order valence-corrected chi connectivity index (χ2v) is 4.44. The van der Waals surface area contributed by atoms with Gasteiger partial charge in [0.15, 0.2) is 0 Å². The van der Waals surface area contributed by atoms with Gasteiger partial charge < -0.3 is 5.32 Å². The molecule has 0 saturated heterocycles. The van der Waals surface area contributed by atoms with E-state index in [1.54, 1.807) is 0 Å². The summed E-state index contributed by atoms with van der Waals surface area (Å²) in [6.45, 7) is 9.88. The van der Waals surface area contributed by atoms with Gasteiger partial charge in [-0.25, -0.2) is 0 Å². The summed E-state index contributed by atoms with van der Waals surface area (Å²) in [5.74, 6) is 0. The fraction of sp³-hybridized carbons (Fsp3) is 0.571. The number of nitrogens with one attached hydrogen (secondary N) is 1. The van der Waals surface area contributed by atoms with Crippen molar-refractivity contribution in [2.24, 2.45) is 0 Å². The molecule has 1 unspecified atom stereocenters. The summed E-state index contributed by atoms with van der Waals surface area (Å²) in [5.41, 5.74) is 4.24. The third kappa shape index (κ3) is 4.05. The molecule has 1 atom stereocenters. The number of hydrogen-bond acceptors (Lipinski definition) is 1. The highest BCUT2D eigenvalue weighted by Crippen LogP contribution is 2.10. The van der Waals surface area contributed by atoms with Gasteiger partial charge in [-0.3, -0.25) is 0 Å². The molecule has 0 aliphatic heterocycles. The maximum Gasteiger partial charge on any atom is 0.00362 e. The Labute approximate surface area is 93.9 Å². The van der Waals surface area contributed by atoms with Gasteiger partial charge in [0.1, 0.15) is 0 Å². The zero-order chi connectivity index (χ0) is 11.3. The molecule has 1 aromatic carbocycles. The van der Waals surface area contributed by atoms with E-state index >= 15 is 0 Å². The van der Waals surface area contributed by atoms with Crippen molar-refractivity contribution in [2.75, 3.05) is 6.54 Å². The molecule has 0 aliphatic carbocycles. The smallest absolute Gasteiger partial charge is 0.00362 e. The molecule has 0 radical (unpaired) electrons. The van der Waals surface area contributed by atoms with Crippen LogP contribution in [0.4, 0.5) is 0 Å². The molecule has 1 aromatic rings. The number of aryl methyl sites for hydroxylation is 2. The van der Waals surface area contributed by atoms with E-state index in [1.807, 2.05) is 0 Å². The van der Waals surface area contributed by atoms with Crippen LogP contribution in [-0.4, -0.2) is 12.6 Å². The molecule has 0 aromatic heterocycles. The first-order chi connectivity index (χ1) is 7.13. The van der Waals surface area contributed by atoms with Crippen molar-refractivity contribution in [1.82, 2.24) is 5.32 Å². The molecule has 0 heterocycles. The van der Waals surface area contributed by atoms with Gasteiger partial charge in [-0.2, -0.15) is 0 Å². The Bertz CT molecular complexity index is 304. The van der Waals surface area contributed by atoms with Crippen LogP contribution in [-0.2, 0) is 6.42 Å². The van der Waals surface area contributed by atoms with Crippen molar-refractivity contribution in [3.63, 3.8) is 0 Å². The lowest BCUT2D eigenvalue weighted by atomic mass is 10.0. The Morgan fingerprint density at radius 1 is 1.27 bits per heavy atom. The number of benzene rings is 1. The van der Waals surface area contributed by atoms with Crippen molar-refractivity contribution in [2.45, 2.75) is 46.6 Å². The lowest BCUT2D eigenvalue weighted by molar-refractivity contribution is 0.537. The van der Waals surface area contributed by atoms with Crippen molar-refractivity contribution < 1.29 is 0 Å². The van der Waals surface area contributed by atoms with Crippen LogP contribution in [0.25, 0.3) is 0 Å². The molecule has 1 nitrogen and oxygen atoms in total. The zero-order valence-corrected chi connectivity index (χ0v) is 10.4. The minimum absolute atomic E-state index is 0.635. The quantitative estimate of drug-likeness (QED) is 0.778. The van der Waals surface area contributed by atoms with Gasteiger partial charge >= 0.3 is 0 Å². The monoisotopic (exact) mass is 205 g/mol. The van der Waals surface area contributed by atoms with Gasteiger partial charge in [-0.15, -0.1) is 0 Å². The molecule has 84 valence electrons. The van der Waals surface area contributed by atoms with Crippen LogP contribution in [0.3, 0.4) is 0 Å². The van der Waals surface area contributed by atoms with E-state index < -0.39 is 0 Å². The predicted molar refractivity (Wildman–Crippen MR) is 67.4 cm³/mol. The predicted octanol–water partition coefficient (Wildman–Crippen LogP) is 3.23. The Morgan fingerprint density at radius 3 is 2.60 bits per heavy atom. The lowest BCUT2D eigenvalue weighted by Gasteiger charge is -2.12. The summed E-state index contributed by atoms with van der Waals surface area (Å²) in [6, 6.07) is 7.35. The lowest BCUT2D eigenvalue weighted by Crippen LogP contribution is -2.27. The highest BCUT2D eigenvalue weighted by molar-refractivity contribution is 5.30. The van der Waals surface area contributed by atoms with Crippen molar-refractivity contribution in [3.8, 4) is 0 Å². The summed E-state index contributed by atoms with van der Waals surface area (Å²) in [7, 11) is 0. The number of rotatable bonds is 5. The van der Waals surface area contributed by atoms with E-state index in [2.05, 4.69) is 51.2 Å². The summed E-state index contributed by atoms with van der Waals surface area (Å²) in [4.78, 5) is 0. The zero-order valence-electron chi connectivity index (χ0n) is 10.4. The SMILES string of the molecule is CCC(C)NCCc1ccc(C)cc1C. The Balaban J connectivity index is 2.44. The highest BCUT2D eigenvalue weighted by atomic mass is 14.9. The van der Waals surface area contributed by atoms with E-state index in [-0.39, 0.29) is 0 Å². The maximum absolute atomic E-state index is 3.52. The van der Waals surface area contributed by atoms with Crippen molar-refractivity contribution in [1.29, 1.82) is 0 Å². The molecule has 15 heavy (non-hydrogen) atoms. The van der Waals surface area contributed by atoms with Crippen molar-refractivity contribution in [3.05, 3.63) is 34.9 Å². The summed E-state index contributed by atoms with van der Waals surface area (Å²) < 4.78 is 0. The van der Waals surface area contributed by atoms with E-state index in [1.165, 1.54) is 23.1 Å². The Morgan fingerprint density at radius 2 is 2.00 bits per heavy atom. The van der Waals surface area contributed by atoms with Gasteiger partial charge in [0.25, 0.3) is 0 Å². The molecule has 0 spiro atoms. The minimum Gasteiger partial charge on any atom is -0.314 e. The largest absolute Gasteiger partial charge is 0.314 e. The van der Waals surface area contributed by atoms with Gasteiger partial charge in [-0.1, -0.05) is 30.7 Å². The van der Waals surface area contributed by atoms with Crippen molar-refractivity contribution >= 4 is 0 Å². The molecule has 0 fully saturated rings. The standard InChI is InChI=1S/C14H23N/c1-5-13(4)15-9-8-14-7-6-11(2)10-12(14)3/h6-7,10,13,15H,5,8-9H2,1-4H3. The molecule has 1 N–H and O–H groups in total. The van der Waals surface area contributed by atoms with Gasteiger partial charge in [0, 0.05) is 6.04 Å². The van der Waals surface area contributed by atoms with E-state index in [4.69, 9.17) is 0 Å². The Hall–Kier alpha value is -0.820. The molecule has 0 bridgehead atoms. The second-order valence-electron chi connectivity index (χ2n) is 4.44. The summed E-state index contributed by atoms with van der Waals surface area (Å²) >= 11 is 0. The first kappa shape index (κ1) is 12.3. The fourth-order valence-corrected chi connectivity index (χ4v) is 1.72. The summed E-state index contributed by atoms with van der Waals surface area (Å²) in [6.07, 6.45) is 2.34. The van der Waals surface area contributed by atoms with Gasteiger partial charge in [0.2, 0.25) is 0 Å². The van der Waals surface area contributed by atoms with E-state index in [0.717, 1.165) is 13.0 Å². The van der Waals surface area contributed by atoms with Gasteiger partial charge in [0.05, 0.1) is 0 Å². The van der Waals surface area contributed by atoms with Gasteiger partial charge in [-0.05, 0) is 51.3 Å². The molecule has 1 rings (SSSR count). The third-order valence-corrected chi connectivity index (χ3v) is 3.00. The first-order valence-corrected chi connectivity index (χ1v) is 5.93. The topological polar surface area (TPSA) is 12.0 Å².